The number of hydrogen-bond donors (Lipinski definition) is 5. The third-order valence-electron chi connectivity index (χ3n) is 6.59. The van der Waals surface area contributed by atoms with E-state index >= 15 is 0 Å². The predicted octanol–water partition coefficient (Wildman–Crippen LogP) is 1.76. The van der Waals surface area contributed by atoms with Crippen LogP contribution in [0.4, 0.5) is 16.5 Å². The number of aliphatic hydroxyl groups is 1. The highest BCUT2D eigenvalue weighted by molar-refractivity contribution is 7.13. The number of nitrogens with two attached hydrogens (primary N) is 1. The topological polar surface area (TPSA) is 133 Å². The van der Waals surface area contributed by atoms with Gasteiger partial charge in [-0.15, -0.1) is 11.3 Å². The average Bonchev–Trinajstić information content (AvgIpc) is 3.43. The largest absolute Gasteiger partial charge is 0.391 e. The lowest BCUT2D eigenvalue weighted by Gasteiger charge is -2.41. The Balaban J connectivity index is 1.42. The van der Waals surface area contributed by atoms with Crippen LogP contribution in [0.2, 0.25) is 0 Å². The molecular formula is C22H30N6O3S. The summed E-state index contributed by atoms with van der Waals surface area (Å²) in [6, 6.07) is 7.61. The van der Waals surface area contributed by atoms with Gasteiger partial charge in [-0.05, 0) is 51.3 Å². The molecule has 1 aromatic heterocycles. The first-order valence-electron chi connectivity index (χ1n) is 11.0. The quantitative estimate of drug-likeness (QED) is 0.427. The molecule has 32 heavy (non-hydrogen) atoms. The number of thiazole rings is 1. The maximum Gasteiger partial charge on any atom is 0.275 e. The number of piperidine rings is 1. The molecule has 1 aromatic carbocycles. The summed E-state index contributed by atoms with van der Waals surface area (Å²) in [5, 5.41) is 21.7. The molecule has 2 fully saturated rings. The maximum absolute atomic E-state index is 12.9. The minimum atomic E-state index is -0.689. The van der Waals surface area contributed by atoms with E-state index in [1.54, 1.807) is 12.4 Å². The Kier molecular flexibility index (Phi) is 6.63. The Labute approximate surface area is 191 Å². The number of nitrogens with one attached hydrogen (secondary N) is 3. The van der Waals surface area contributed by atoms with Crippen molar-refractivity contribution in [3.05, 3.63) is 35.3 Å². The second-order valence-corrected chi connectivity index (χ2v) is 9.30. The molecule has 2 atom stereocenters. The zero-order chi connectivity index (χ0) is 22.7. The fourth-order valence-corrected chi connectivity index (χ4v) is 5.26. The van der Waals surface area contributed by atoms with E-state index in [-0.39, 0.29) is 24.0 Å². The van der Waals surface area contributed by atoms with Gasteiger partial charge < -0.3 is 31.7 Å². The van der Waals surface area contributed by atoms with Crippen LogP contribution in [-0.4, -0.2) is 59.7 Å². The smallest absolute Gasteiger partial charge is 0.275 e. The number of carbonyl (C=O) groups excluding carboxylic acids is 2. The van der Waals surface area contributed by atoms with E-state index in [0.717, 1.165) is 24.9 Å². The number of anilines is 3. The van der Waals surface area contributed by atoms with Crippen molar-refractivity contribution in [3.8, 4) is 0 Å². The predicted molar refractivity (Wildman–Crippen MR) is 126 cm³/mol. The number of para-hydroxylation sites is 2. The Morgan fingerprint density at radius 1 is 1.25 bits per heavy atom. The Bertz CT molecular complexity index is 972. The lowest BCUT2D eigenvalue weighted by molar-refractivity contribution is -0.125. The lowest BCUT2D eigenvalue weighted by atomic mass is 9.86. The van der Waals surface area contributed by atoms with E-state index in [2.05, 4.69) is 25.8 Å². The molecule has 6 N–H and O–H groups in total. The molecule has 0 unspecified atom stereocenters. The highest BCUT2D eigenvalue weighted by Gasteiger charge is 2.38. The second-order valence-electron chi connectivity index (χ2n) is 8.44. The lowest BCUT2D eigenvalue weighted by Crippen LogP contribution is -2.59. The molecular weight excluding hydrogens is 428 g/mol. The SMILES string of the molecule is CNC1(C(N)=O)CCN(c2ccccc2NC(=O)c2csc(N[C@H]3CCC[C@H]3O)n2)CC1. The molecule has 1 saturated heterocycles. The Hall–Kier alpha value is -2.69. The van der Waals surface area contributed by atoms with Crippen LogP contribution in [0, 0.1) is 0 Å². The number of rotatable bonds is 7. The number of amides is 2. The van der Waals surface area contributed by atoms with E-state index in [9.17, 15) is 14.7 Å². The van der Waals surface area contributed by atoms with Gasteiger partial charge in [0.15, 0.2) is 5.13 Å². The van der Waals surface area contributed by atoms with Gasteiger partial charge in [0.1, 0.15) is 11.2 Å². The Morgan fingerprint density at radius 2 is 2.00 bits per heavy atom. The number of aliphatic hydroxyl groups excluding tert-OH is 1. The molecule has 0 bridgehead atoms. The van der Waals surface area contributed by atoms with Gasteiger partial charge in [0.05, 0.1) is 23.5 Å². The number of aromatic nitrogens is 1. The van der Waals surface area contributed by atoms with Crippen LogP contribution < -0.4 is 26.6 Å². The van der Waals surface area contributed by atoms with Crippen molar-refractivity contribution in [1.82, 2.24) is 10.3 Å². The summed E-state index contributed by atoms with van der Waals surface area (Å²) in [6.07, 6.45) is 3.49. The van der Waals surface area contributed by atoms with Crippen molar-refractivity contribution in [2.45, 2.75) is 49.8 Å². The average molecular weight is 459 g/mol. The van der Waals surface area contributed by atoms with E-state index in [4.69, 9.17) is 5.73 Å². The van der Waals surface area contributed by atoms with Crippen LogP contribution >= 0.6 is 11.3 Å². The van der Waals surface area contributed by atoms with Gasteiger partial charge in [-0.2, -0.15) is 0 Å². The summed E-state index contributed by atoms with van der Waals surface area (Å²) < 4.78 is 0. The summed E-state index contributed by atoms with van der Waals surface area (Å²) in [5.41, 5.74) is 6.86. The minimum absolute atomic E-state index is 0.0120. The monoisotopic (exact) mass is 458 g/mol. The summed E-state index contributed by atoms with van der Waals surface area (Å²) in [7, 11) is 1.76. The molecule has 1 saturated carbocycles. The molecule has 4 rings (SSSR count). The summed E-state index contributed by atoms with van der Waals surface area (Å²) in [4.78, 5) is 31.3. The summed E-state index contributed by atoms with van der Waals surface area (Å²) in [6.45, 7) is 1.29. The van der Waals surface area contributed by atoms with Gasteiger partial charge in [0, 0.05) is 18.5 Å². The van der Waals surface area contributed by atoms with Crippen LogP contribution in [0.1, 0.15) is 42.6 Å². The molecule has 0 spiro atoms. The fraction of sp³-hybridized carbons (Fsp3) is 0.500. The number of primary amides is 1. The van der Waals surface area contributed by atoms with E-state index in [1.807, 2.05) is 24.3 Å². The minimum Gasteiger partial charge on any atom is -0.391 e. The van der Waals surface area contributed by atoms with Crippen molar-refractivity contribution in [1.29, 1.82) is 0 Å². The van der Waals surface area contributed by atoms with Gasteiger partial charge in [-0.3, -0.25) is 9.59 Å². The van der Waals surface area contributed by atoms with Crippen molar-refractivity contribution in [2.24, 2.45) is 5.73 Å². The molecule has 9 nitrogen and oxygen atoms in total. The number of likely N-dealkylation sites (N-methyl/N-ethyl adjacent to an activating group) is 1. The molecule has 1 aliphatic carbocycles. The van der Waals surface area contributed by atoms with Crippen molar-refractivity contribution >= 4 is 39.7 Å². The maximum atomic E-state index is 12.9. The Morgan fingerprint density at radius 3 is 2.66 bits per heavy atom. The van der Waals surface area contributed by atoms with Gasteiger partial charge in [-0.1, -0.05) is 12.1 Å². The van der Waals surface area contributed by atoms with Crippen molar-refractivity contribution in [3.63, 3.8) is 0 Å². The number of carbonyl (C=O) groups is 2. The van der Waals surface area contributed by atoms with Gasteiger partial charge in [-0.25, -0.2) is 4.98 Å². The molecule has 2 aromatic rings. The number of benzene rings is 1. The highest BCUT2D eigenvalue weighted by atomic mass is 32.1. The van der Waals surface area contributed by atoms with E-state index < -0.39 is 5.54 Å². The summed E-state index contributed by atoms with van der Waals surface area (Å²) >= 11 is 1.36. The molecule has 2 heterocycles. The fourth-order valence-electron chi connectivity index (χ4n) is 4.50. The molecule has 172 valence electrons. The van der Waals surface area contributed by atoms with Crippen molar-refractivity contribution in [2.75, 3.05) is 35.7 Å². The van der Waals surface area contributed by atoms with Gasteiger partial charge in [0.2, 0.25) is 5.91 Å². The normalized spacial score (nSPS) is 22.5. The number of hydrogen-bond acceptors (Lipinski definition) is 8. The third-order valence-corrected chi connectivity index (χ3v) is 7.36. The van der Waals surface area contributed by atoms with E-state index in [1.165, 1.54) is 11.3 Å². The van der Waals surface area contributed by atoms with Crippen molar-refractivity contribution < 1.29 is 14.7 Å². The summed E-state index contributed by atoms with van der Waals surface area (Å²) in [5.74, 6) is -0.619. The standard InChI is InChI=1S/C22H30N6O3S/c1-24-22(20(23)31)9-11-28(12-10-22)17-7-3-2-5-14(17)25-19(30)16-13-32-21(27-16)26-15-6-4-8-18(15)29/h2-3,5,7,13,15,18,24,29H,4,6,8-12H2,1H3,(H2,23,31)(H,25,30)(H,26,27)/t15-,18+/m0/s1. The van der Waals surface area contributed by atoms with Crippen LogP contribution in [0.3, 0.4) is 0 Å². The zero-order valence-electron chi connectivity index (χ0n) is 18.1. The first-order chi connectivity index (χ1) is 15.4. The molecule has 1 aliphatic heterocycles. The van der Waals surface area contributed by atoms with Crippen LogP contribution in [0.5, 0.6) is 0 Å². The van der Waals surface area contributed by atoms with Gasteiger partial charge in [0.25, 0.3) is 5.91 Å². The van der Waals surface area contributed by atoms with Gasteiger partial charge >= 0.3 is 0 Å². The molecule has 10 heteroatoms. The van der Waals surface area contributed by atoms with Crippen LogP contribution in [0.15, 0.2) is 29.6 Å². The molecule has 0 radical (unpaired) electrons. The number of nitrogens with zero attached hydrogens (tertiary/aromatic N) is 2. The van der Waals surface area contributed by atoms with Crippen LogP contribution in [-0.2, 0) is 4.79 Å². The zero-order valence-corrected chi connectivity index (χ0v) is 19.0. The first kappa shape index (κ1) is 22.5. The van der Waals surface area contributed by atoms with Crippen LogP contribution in [0.25, 0.3) is 0 Å². The second kappa shape index (κ2) is 9.43. The van der Waals surface area contributed by atoms with E-state index in [0.29, 0.717) is 42.4 Å². The molecule has 2 amide bonds. The highest BCUT2D eigenvalue weighted by Crippen LogP contribution is 2.32. The third kappa shape index (κ3) is 4.57. The first-order valence-corrected chi connectivity index (χ1v) is 11.8. The molecule has 2 aliphatic rings.